The van der Waals surface area contributed by atoms with Crippen LogP contribution in [0.25, 0.3) is 10.9 Å². The Hall–Kier alpha value is -2.18. The molecule has 6 heteroatoms. The summed E-state index contributed by atoms with van der Waals surface area (Å²) in [7, 11) is -3.56. The summed E-state index contributed by atoms with van der Waals surface area (Å²) in [4.78, 5) is 0.322. The molecule has 1 aliphatic rings. The molecule has 2 heterocycles. The zero-order chi connectivity index (χ0) is 17.8. The van der Waals surface area contributed by atoms with Gasteiger partial charge in [-0.15, -0.1) is 0 Å². The highest BCUT2D eigenvalue weighted by Crippen LogP contribution is 2.37. The lowest BCUT2D eigenvalue weighted by Gasteiger charge is -2.21. The fourth-order valence-corrected chi connectivity index (χ4v) is 5.20. The first-order chi connectivity index (χ1) is 11.9. The average molecular weight is 355 g/mol. The summed E-state index contributed by atoms with van der Waals surface area (Å²) in [6.07, 6.45) is 1.73. The van der Waals surface area contributed by atoms with Gasteiger partial charge >= 0.3 is 0 Å². The summed E-state index contributed by atoms with van der Waals surface area (Å²) < 4.78 is 29.9. The van der Waals surface area contributed by atoms with Crippen molar-refractivity contribution < 1.29 is 8.42 Å². The van der Waals surface area contributed by atoms with Crippen LogP contribution in [0.3, 0.4) is 0 Å². The molecule has 0 saturated carbocycles. The summed E-state index contributed by atoms with van der Waals surface area (Å²) in [5.41, 5.74) is 3.11. The number of rotatable bonds is 3. The molecular weight excluding hydrogens is 334 g/mol. The minimum Gasteiger partial charge on any atom is -0.262 e. The van der Waals surface area contributed by atoms with Gasteiger partial charge in [0.1, 0.15) is 0 Å². The van der Waals surface area contributed by atoms with Crippen LogP contribution in [-0.2, 0) is 16.6 Å². The van der Waals surface area contributed by atoms with Gasteiger partial charge in [0.2, 0.25) is 10.0 Å². The van der Waals surface area contributed by atoms with E-state index in [0.717, 1.165) is 22.0 Å². The Balaban J connectivity index is 1.75. The first-order valence-corrected chi connectivity index (χ1v) is 9.90. The molecule has 1 aromatic heterocycles. The van der Waals surface area contributed by atoms with E-state index in [2.05, 4.69) is 18.9 Å². The molecule has 5 nitrogen and oxygen atoms in total. The van der Waals surface area contributed by atoms with E-state index in [4.69, 9.17) is 0 Å². The summed E-state index contributed by atoms with van der Waals surface area (Å²) in [6, 6.07) is 13.3. The lowest BCUT2D eigenvalue weighted by molar-refractivity contribution is 0.370. The molecule has 1 atom stereocenters. The molecule has 25 heavy (non-hydrogen) atoms. The van der Waals surface area contributed by atoms with Crippen LogP contribution < -0.4 is 0 Å². The molecule has 0 amide bonds. The van der Waals surface area contributed by atoms with E-state index in [1.807, 2.05) is 41.9 Å². The lowest BCUT2D eigenvalue weighted by Crippen LogP contribution is -2.28. The molecule has 1 aliphatic heterocycles. The zero-order valence-electron chi connectivity index (χ0n) is 14.5. The van der Waals surface area contributed by atoms with Crippen molar-refractivity contribution in [3.8, 4) is 0 Å². The maximum Gasteiger partial charge on any atom is 0.243 e. The minimum atomic E-state index is -3.56. The van der Waals surface area contributed by atoms with Gasteiger partial charge < -0.3 is 0 Å². The van der Waals surface area contributed by atoms with Crippen molar-refractivity contribution in [2.75, 3.05) is 0 Å². The van der Waals surface area contributed by atoms with Crippen LogP contribution >= 0.6 is 0 Å². The minimum absolute atomic E-state index is 0.157. The van der Waals surface area contributed by atoms with Crippen molar-refractivity contribution in [1.29, 1.82) is 0 Å². The Labute approximate surface area is 147 Å². The highest BCUT2D eigenvalue weighted by Gasteiger charge is 2.36. The smallest absolute Gasteiger partial charge is 0.243 e. The predicted molar refractivity (Wildman–Crippen MR) is 97.7 cm³/mol. The number of hydrogen-bond acceptors (Lipinski definition) is 3. The molecule has 0 radical (unpaired) electrons. The fourth-order valence-electron chi connectivity index (χ4n) is 3.58. The van der Waals surface area contributed by atoms with Gasteiger partial charge in [0.15, 0.2) is 0 Å². The summed E-state index contributed by atoms with van der Waals surface area (Å²) in [5.74, 6) is 0. The van der Waals surface area contributed by atoms with Crippen LogP contribution in [0.4, 0.5) is 0 Å². The van der Waals surface area contributed by atoms with E-state index in [-0.39, 0.29) is 12.1 Å². The first kappa shape index (κ1) is 16.3. The highest BCUT2D eigenvalue weighted by molar-refractivity contribution is 7.89. The second-order valence-corrected chi connectivity index (χ2v) is 8.72. The fraction of sp³-hybridized carbons (Fsp3) is 0.316. The summed E-state index contributed by atoms with van der Waals surface area (Å²) in [5, 5.41) is 5.22. The van der Waals surface area contributed by atoms with E-state index in [0.29, 0.717) is 11.4 Å². The third-order valence-electron chi connectivity index (χ3n) is 4.93. The topological polar surface area (TPSA) is 55.2 Å². The maximum absolute atomic E-state index is 13.2. The van der Waals surface area contributed by atoms with Gasteiger partial charge in [0.25, 0.3) is 0 Å². The van der Waals surface area contributed by atoms with Crippen molar-refractivity contribution in [3.63, 3.8) is 0 Å². The SMILES string of the molecule is CC1c2ccccc2CN1S(=O)(=O)c1ccc2c(cnn2C(C)C)c1. The number of sulfonamides is 1. The number of benzene rings is 2. The third-order valence-corrected chi connectivity index (χ3v) is 6.84. The van der Waals surface area contributed by atoms with Crippen LogP contribution in [0, 0.1) is 0 Å². The van der Waals surface area contributed by atoms with Crippen molar-refractivity contribution in [2.45, 2.75) is 44.3 Å². The molecule has 1 unspecified atom stereocenters. The molecule has 130 valence electrons. The van der Waals surface area contributed by atoms with Crippen molar-refractivity contribution in [2.24, 2.45) is 0 Å². The van der Waals surface area contributed by atoms with Gasteiger partial charge in [-0.25, -0.2) is 8.42 Å². The Kier molecular flexibility index (Phi) is 3.70. The molecule has 2 aromatic carbocycles. The normalized spacial score (nSPS) is 18.2. The summed E-state index contributed by atoms with van der Waals surface area (Å²) >= 11 is 0. The Bertz CT molecular complexity index is 1050. The zero-order valence-corrected chi connectivity index (χ0v) is 15.4. The van der Waals surface area contributed by atoms with Crippen molar-refractivity contribution in [3.05, 3.63) is 59.8 Å². The predicted octanol–water partition coefficient (Wildman–Crippen LogP) is 3.88. The lowest BCUT2D eigenvalue weighted by atomic mass is 10.1. The molecular formula is C19H21N3O2S. The van der Waals surface area contributed by atoms with Crippen LogP contribution in [0.2, 0.25) is 0 Å². The van der Waals surface area contributed by atoms with Crippen LogP contribution in [0.15, 0.2) is 53.6 Å². The Morgan fingerprint density at radius 3 is 2.64 bits per heavy atom. The van der Waals surface area contributed by atoms with Gasteiger partial charge in [0, 0.05) is 24.0 Å². The van der Waals surface area contributed by atoms with Gasteiger partial charge in [-0.2, -0.15) is 9.40 Å². The second-order valence-electron chi connectivity index (χ2n) is 6.83. The van der Waals surface area contributed by atoms with Crippen LogP contribution in [-0.4, -0.2) is 22.5 Å². The summed E-state index contributed by atoms with van der Waals surface area (Å²) in [6.45, 7) is 6.47. The standard InChI is InChI=1S/C19H21N3O2S/c1-13(2)22-19-9-8-17(10-16(19)11-20-22)25(23,24)21-12-15-6-4-5-7-18(15)14(21)3/h4-11,13-14H,12H2,1-3H3. The monoisotopic (exact) mass is 355 g/mol. The molecule has 0 fully saturated rings. The van der Waals surface area contributed by atoms with E-state index in [1.165, 1.54) is 0 Å². The number of hydrogen-bond donors (Lipinski definition) is 0. The number of nitrogens with zero attached hydrogens (tertiary/aromatic N) is 3. The van der Waals surface area contributed by atoms with Crippen molar-refractivity contribution in [1.82, 2.24) is 14.1 Å². The third kappa shape index (κ3) is 2.48. The molecule has 0 spiro atoms. The van der Waals surface area contributed by atoms with Gasteiger partial charge in [-0.05, 0) is 50.1 Å². The molecule has 3 aromatic rings. The number of aromatic nitrogens is 2. The van der Waals surface area contributed by atoms with Gasteiger partial charge in [-0.3, -0.25) is 4.68 Å². The highest BCUT2D eigenvalue weighted by atomic mass is 32.2. The maximum atomic E-state index is 13.2. The Morgan fingerprint density at radius 2 is 1.92 bits per heavy atom. The van der Waals surface area contributed by atoms with Gasteiger partial charge in [0.05, 0.1) is 16.6 Å². The largest absolute Gasteiger partial charge is 0.262 e. The van der Waals surface area contributed by atoms with E-state index < -0.39 is 10.0 Å². The van der Waals surface area contributed by atoms with E-state index in [1.54, 1.807) is 22.6 Å². The number of fused-ring (bicyclic) bond motifs is 2. The van der Waals surface area contributed by atoms with Crippen molar-refractivity contribution >= 4 is 20.9 Å². The van der Waals surface area contributed by atoms with Gasteiger partial charge in [-0.1, -0.05) is 24.3 Å². The average Bonchev–Trinajstić information content (AvgIpc) is 3.16. The quantitative estimate of drug-likeness (QED) is 0.716. The Morgan fingerprint density at radius 1 is 1.16 bits per heavy atom. The molecule has 0 bridgehead atoms. The molecule has 0 saturated heterocycles. The molecule has 0 N–H and O–H groups in total. The molecule has 0 aliphatic carbocycles. The molecule has 4 rings (SSSR count). The van der Waals surface area contributed by atoms with E-state index in [9.17, 15) is 8.42 Å². The second kappa shape index (κ2) is 5.68. The first-order valence-electron chi connectivity index (χ1n) is 8.46. The van der Waals surface area contributed by atoms with Crippen LogP contribution in [0.5, 0.6) is 0 Å². The van der Waals surface area contributed by atoms with E-state index >= 15 is 0 Å². The van der Waals surface area contributed by atoms with Crippen LogP contribution in [0.1, 0.15) is 44.0 Å².